The molecule has 2 saturated heterocycles. The van der Waals surface area contributed by atoms with Crippen LogP contribution in [0.4, 0.5) is 4.39 Å². The molecule has 0 aromatic rings. The monoisotopic (exact) mass is 270 g/mol. The third kappa shape index (κ3) is 1.62. The van der Waals surface area contributed by atoms with Crippen molar-refractivity contribution in [3.05, 3.63) is 0 Å². The zero-order valence-corrected chi connectivity index (χ0v) is 10.8. The SMILES string of the molecule is O=C(O)C1(N2C[C@@H]3CNCC[C@]3(F)C2=O)CCCC1. The summed E-state index contributed by atoms with van der Waals surface area (Å²) in [6.07, 6.45) is 2.63. The second-order valence-corrected chi connectivity index (χ2v) is 5.97. The number of likely N-dealkylation sites (tertiary alicyclic amines) is 1. The van der Waals surface area contributed by atoms with Gasteiger partial charge in [-0.25, -0.2) is 9.18 Å². The maximum atomic E-state index is 14.9. The van der Waals surface area contributed by atoms with Gasteiger partial charge >= 0.3 is 5.97 Å². The highest BCUT2D eigenvalue weighted by Gasteiger charge is 2.62. The summed E-state index contributed by atoms with van der Waals surface area (Å²) >= 11 is 0. The van der Waals surface area contributed by atoms with E-state index in [1.807, 2.05) is 0 Å². The van der Waals surface area contributed by atoms with Crippen molar-refractivity contribution in [2.45, 2.75) is 43.3 Å². The lowest BCUT2D eigenvalue weighted by Gasteiger charge is -2.35. The molecule has 2 heterocycles. The van der Waals surface area contributed by atoms with Crippen molar-refractivity contribution in [2.24, 2.45) is 5.92 Å². The molecule has 2 N–H and O–H groups in total. The first kappa shape index (κ1) is 12.8. The number of hydrogen-bond donors (Lipinski definition) is 2. The van der Waals surface area contributed by atoms with Gasteiger partial charge in [-0.2, -0.15) is 0 Å². The number of aliphatic carboxylic acids is 1. The highest BCUT2D eigenvalue weighted by molar-refractivity contribution is 5.94. The zero-order chi connectivity index (χ0) is 13.7. The second-order valence-electron chi connectivity index (χ2n) is 5.97. The molecular formula is C13H19FN2O3. The van der Waals surface area contributed by atoms with Crippen molar-refractivity contribution in [1.29, 1.82) is 0 Å². The molecule has 0 aromatic carbocycles. The smallest absolute Gasteiger partial charge is 0.329 e. The van der Waals surface area contributed by atoms with E-state index in [1.54, 1.807) is 0 Å². The highest BCUT2D eigenvalue weighted by atomic mass is 19.1. The maximum Gasteiger partial charge on any atom is 0.329 e. The second kappa shape index (κ2) is 4.16. The molecule has 19 heavy (non-hydrogen) atoms. The van der Waals surface area contributed by atoms with Crippen molar-refractivity contribution in [3.63, 3.8) is 0 Å². The predicted octanol–water partition coefficient (Wildman–Crippen LogP) is 0.544. The summed E-state index contributed by atoms with van der Waals surface area (Å²) in [6, 6.07) is 0. The molecule has 0 spiro atoms. The predicted molar refractivity (Wildman–Crippen MR) is 65.4 cm³/mol. The number of amides is 1. The molecule has 2 atom stereocenters. The van der Waals surface area contributed by atoms with Gasteiger partial charge in [0.05, 0.1) is 0 Å². The quantitative estimate of drug-likeness (QED) is 0.768. The summed E-state index contributed by atoms with van der Waals surface area (Å²) in [5.41, 5.74) is -3.01. The molecule has 1 amide bonds. The number of carbonyl (C=O) groups excluding carboxylic acids is 1. The van der Waals surface area contributed by atoms with E-state index < -0.39 is 29.0 Å². The largest absolute Gasteiger partial charge is 0.479 e. The summed E-state index contributed by atoms with van der Waals surface area (Å²) in [4.78, 5) is 25.4. The number of alkyl halides is 1. The van der Waals surface area contributed by atoms with E-state index in [0.29, 0.717) is 25.9 Å². The van der Waals surface area contributed by atoms with Crippen LogP contribution in [-0.2, 0) is 9.59 Å². The van der Waals surface area contributed by atoms with Crippen LogP contribution < -0.4 is 5.32 Å². The van der Waals surface area contributed by atoms with E-state index in [-0.39, 0.29) is 13.0 Å². The van der Waals surface area contributed by atoms with Gasteiger partial charge < -0.3 is 15.3 Å². The summed E-state index contributed by atoms with van der Waals surface area (Å²) in [5.74, 6) is -1.98. The molecule has 106 valence electrons. The molecule has 3 aliphatic rings. The number of piperidine rings is 1. The Kier molecular flexibility index (Phi) is 2.81. The summed E-state index contributed by atoms with van der Waals surface area (Å²) in [5, 5.41) is 12.6. The first-order valence-corrected chi connectivity index (χ1v) is 6.96. The minimum absolute atomic E-state index is 0.155. The molecule has 5 nitrogen and oxygen atoms in total. The number of fused-ring (bicyclic) bond motifs is 1. The van der Waals surface area contributed by atoms with Crippen molar-refractivity contribution in [3.8, 4) is 0 Å². The molecular weight excluding hydrogens is 251 g/mol. The Morgan fingerprint density at radius 3 is 2.63 bits per heavy atom. The lowest BCUT2D eigenvalue weighted by molar-refractivity contribution is -0.159. The molecule has 0 radical (unpaired) electrons. The van der Waals surface area contributed by atoms with Crippen LogP contribution >= 0.6 is 0 Å². The van der Waals surface area contributed by atoms with E-state index in [2.05, 4.69) is 5.32 Å². The lowest BCUT2D eigenvalue weighted by atomic mass is 9.86. The number of rotatable bonds is 2. The van der Waals surface area contributed by atoms with Gasteiger partial charge in [-0.3, -0.25) is 4.79 Å². The van der Waals surface area contributed by atoms with Gasteiger partial charge in [0.15, 0.2) is 5.67 Å². The van der Waals surface area contributed by atoms with E-state index in [9.17, 15) is 19.1 Å². The van der Waals surface area contributed by atoms with Crippen LogP contribution in [-0.4, -0.2) is 52.7 Å². The Hall–Kier alpha value is -1.17. The number of halogens is 1. The minimum Gasteiger partial charge on any atom is -0.479 e. The highest BCUT2D eigenvalue weighted by Crippen LogP contribution is 2.45. The van der Waals surface area contributed by atoms with E-state index >= 15 is 0 Å². The molecule has 3 rings (SSSR count). The van der Waals surface area contributed by atoms with Crippen LogP contribution in [0.1, 0.15) is 32.1 Å². The van der Waals surface area contributed by atoms with Crippen LogP contribution in [0.2, 0.25) is 0 Å². The number of carboxylic acid groups (broad SMARTS) is 1. The Bertz CT molecular complexity index is 422. The van der Waals surface area contributed by atoms with Crippen molar-refractivity contribution in [2.75, 3.05) is 19.6 Å². The average molecular weight is 270 g/mol. The number of carbonyl (C=O) groups is 2. The van der Waals surface area contributed by atoms with Crippen LogP contribution in [0, 0.1) is 5.92 Å². The lowest BCUT2D eigenvalue weighted by Crippen LogP contribution is -2.55. The van der Waals surface area contributed by atoms with Crippen LogP contribution in [0.3, 0.4) is 0 Å². The first-order valence-electron chi connectivity index (χ1n) is 6.96. The summed E-state index contributed by atoms with van der Waals surface area (Å²) < 4.78 is 14.9. The third-order valence-electron chi connectivity index (χ3n) is 5.05. The summed E-state index contributed by atoms with van der Waals surface area (Å²) in [6.45, 7) is 1.16. The van der Waals surface area contributed by atoms with Crippen LogP contribution in [0.5, 0.6) is 0 Å². The molecule has 3 fully saturated rings. The maximum absolute atomic E-state index is 14.9. The van der Waals surface area contributed by atoms with Crippen molar-refractivity contribution in [1.82, 2.24) is 10.2 Å². The number of carboxylic acids is 1. The zero-order valence-electron chi connectivity index (χ0n) is 10.8. The summed E-state index contributed by atoms with van der Waals surface area (Å²) in [7, 11) is 0. The number of hydrogen-bond acceptors (Lipinski definition) is 3. The van der Waals surface area contributed by atoms with Gasteiger partial charge in [0.1, 0.15) is 5.54 Å². The Morgan fingerprint density at radius 1 is 1.37 bits per heavy atom. The molecule has 2 aliphatic heterocycles. The van der Waals surface area contributed by atoms with Gasteiger partial charge in [0.25, 0.3) is 5.91 Å². The minimum atomic E-state index is -1.85. The molecule has 0 unspecified atom stereocenters. The van der Waals surface area contributed by atoms with E-state index in [1.165, 1.54) is 4.90 Å². The third-order valence-corrected chi connectivity index (χ3v) is 5.05. The van der Waals surface area contributed by atoms with Gasteiger partial charge in [0.2, 0.25) is 0 Å². The van der Waals surface area contributed by atoms with Crippen LogP contribution in [0.25, 0.3) is 0 Å². The standard InChI is InChI=1S/C13H19FN2O3/c14-13-5-6-15-7-9(13)8-16(10(13)17)12(11(18)19)3-1-2-4-12/h9,15H,1-8H2,(H,18,19)/t9-,13+/m0/s1. The fourth-order valence-electron chi connectivity index (χ4n) is 3.86. The Labute approximate surface area is 111 Å². The fraction of sp³-hybridized carbons (Fsp3) is 0.846. The topological polar surface area (TPSA) is 69.6 Å². The molecule has 6 heteroatoms. The molecule has 1 saturated carbocycles. The Balaban J connectivity index is 1.94. The van der Waals surface area contributed by atoms with E-state index in [0.717, 1.165) is 12.8 Å². The van der Waals surface area contributed by atoms with Gasteiger partial charge in [-0.15, -0.1) is 0 Å². The van der Waals surface area contributed by atoms with Gasteiger partial charge in [0, 0.05) is 25.4 Å². The van der Waals surface area contributed by atoms with Gasteiger partial charge in [-0.05, 0) is 19.4 Å². The normalized spacial score (nSPS) is 37.4. The number of nitrogens with one attached hydrogen (secondary N) is 1. The Morgan fingerprint density at radius 2 is 2.05 bits per heavy atom. The van der Waals surface area contributed by atoms with Crippen molar-refractivity contribution >= 4 is 11.9 Å². The van der Waals surface area contributed by atoms with Gasteiger partial charge in [-0.1, -0.05) is 12.8 Å². The van der Waals surface area contributed by atoms with E-state index in [4.69, 9.17) is 0 Å². The first-order chi connectivity index (χ1) is 9.01. The molecule has 1 aliphatic carbocycles. The fourth-order valence-corrected chi connectivity index (χ4v) is 3.86. The van der Waals surface area contributed by atoms with Crippen LogP contribution in [0.15, 0.2) is 0 Å². The average Bonchev–Trinajstić information content (AvgIpc) is 2.95. The van der Waals surface area contributed by atoms with Crippen molar-refractivity contribution < 1.29 is 19.1 Å². The molecule has 0 bridgehead atoms. The number of nitrogens with zero attached hydrogens (tertiary/aromatic N) is 1. The molecule has 0 aromatic heterocycles.